The minimum Gasteiger partial charge on any atom is -0.399 e. The lowest BCUT2D eigenvalue weighted by molar-refractivity contribution is 0.0828. The number of hydrogen-bond donors (Lipinski definition) is 2. The quantitative estimate of drug-likeness (QED) is 0.838. The summed E-state index contributed by atoms with van der Waals surface area (Å²) in [6.45, 7) is 0. The summed E-state index contributed by atoms with van der Waals surface area (Å²) < 4.78 is 0. The molecule has 0 radical (unpaired) electrons. The Bertz CT molecular complexity index is 687. The van der Waals surface area contributed by atoms with E-state index in [0.29, 0.717) is 27.0 Å². The van der Waals surface area contributed by atoms with Gasteiger partial charge in [-0.3, -0.25) is 4.79 Å². The van der Waals surface area contributed by atoms with Crippen LogP contribution in [0.25, 0.3) is 0 Å². The first-order valence-corrected chi connectivity index (χ1v) is 6.97. The lowest BCUT2D eigenvalue weighted by Gasteiger charge is -2.16. The minimum absolute atomic E-state index is 0.113. The van der Waals surface area contributed by atoms with Crippen LogP contribution in [0.1, 0.15) is 10.4 Å². The lowest BCUT2D eigenvalue weighted by Crippen LogP contribution is -2.22. The standard InChI is InChI=1S/C15H15Cl2N3O/c1-20(2)15(21)11-5-3-9(18)7-14(11)19-10-4-6-12(16)13(17)8-10/h3-8,19H,18H2,1-2H3. The minimum atomic E-state index is -0.113. The van der Waals surface area contributed by atoms with Gasteiger partial charge in [-0.05, 0) is 36.4 Å². The highest BCUT2D eigenvalue weighted by atomic mass is 35.5. The van der Waals surface area contributed by atoms with E-state index in [2.05, 4.69) is 5.32 Å². The van der Waals surface area contributed by atoms with Gasteiger partial charge in [-0.15, -0.1) is 0 Å². The number of nitrogens with two attached hydrogens (primary N) is 1. The third kappa shape index (κ3) is 3.60. The lowest BCUT2D eigenvalue weighted by atomic mass is 10.1. The summed E-state index contributed by atoms with van der Waals surface area (Å²) in [4.78, 5) is 13.7. The molecule has 0 saturated carbocycles. The monoisotopic (exact) mass is 323 g/mol. The van der Waals surface area contributed by atoms with Gasteiger partial charge in [0.15, 0.2) is 0 Å². The Morgan fingerprint density at radius 2 is 1.81 bits per heavy atom. The second-order valence-corrected chi connectivity index (χ2v) is 5.57. The molecule has 21 heavy (non-hydrogen) atoms. The third-order valence-corrected chi connectivity index (χ3v) is 3.62. The van der Waals surface area contributed by atoms with Gasteiger partial charge in [-0.25, -0.2) is 0 Å². The summed E-state index contributed by atoms with van der Waals surface area (Å²) in [6.07, 6.45) is 0. The molecule has 4 nitrogen and oxygen atoms in total. The molecule has 0 atom stereocenters. The number of nitrogens with zero attached hydrogens (tertiary/aromatic N) is 1. The van der Waals surface area contributed by atoms with Gasteiger partial charge in [0.2, 0.25) is 0 Å². The van der Waals surface area contributed by atoms with E-state index < -0.39 is 0 Å². The van der Waals surface area contributed by atoms with E-state index in [1.54, 1.807) is 50.5 Å². The number of nitrogen functional groups attached to an aromatic ring is 1. The first kappa shape index (κ1) is 15.5. The van der Waals surface area contributed by atoms with Gasteiger partial charge in [0.25, 0.3) is 5.91 Å². The maximum absolute atomic E-state index is 12.2. The van der Waals surface area contributed by atoms with Crippen LogP contribution in [0, 0.1) is 0 Å². The summed E-state index contributed by atoms with van der Waals surface area (Å²) in [5.41, 5.74) is 8.23. The molecule has 0 aliphatic rings. The molecule has 2 aromatic carbocycles. The number of benzene rings is 2. The van der Waals surface area contributed by atoms with E-state index in [9.17, 15) is 4.79 Å². The molecule has 0 spiro atoms. The Balaban J connectivity index is 2.40. The highest BCUT2D eigenvalue weighted by molar-refractivity contribution is 6.42. The zero-order chi connectivity index (χ0) is 15.6. The number of carbonyl (C=O) groups is 1. The third-order valence-electron chi connectivity index (χ3n) is 2.88. The zero-order valence-corrected chi connectivity index (χ0v) is 13.2. The van der Waals surface area contributed by atoms with E-state index in [-0.39, 0.29) is 5.91 Å². The number of carbonyl (C=O) groups excluding carboxylic acids is 1. The van der Waals surface area contributed by atoms with E-state index in [1.807, 2.05) is 0 Å². The van der Waals surface area contributed by atoms with Crippen LogP contribution in [0.2, 0.25) is 10.0 Å². The van der Waals surface area contributed by atoms with E-state index in [1.165, 1.54) is 4.90 Å². The SMILES string of the molecule is CN(C)C(=O)c1ccc(N)cc1Nc1ccc(Cl)c(Cl)c1. The second kappa shape index (κ2) is 6.24. The van der Waals surface area contributed by atoms with E-state index >= 15 is 0 Å². The van der Waals surface area contributed by atoms with Crippen molar-refractivity contribution in [2.24, 2.45) is 0 Å². The first-order chi connectivity index (χ1) is 9.88. The predicted molar refractivity (Wildman–Crippen MR) is 88.6 cm³/mol. The largest absolute Gasteiger partial charge is 0.399 e. The normalized spacial score (nSPS) is 10.3. The fraction of sp³-hybridized carbons (Fsp3) is 0.133. The van der Waals surface area contributed by atoms with Crippen molar-refractivity contribution in [1.29, 1.82) is 0 Å². The number of anilines is 3. The van der Waals surface area contributed by atoms with Crippen LogP contribution in [0.4, 0.5) is 17.1 Å². The molecule has 0 saturated heterocycles. The average Bonchev–Trinajstić information content (AvgIpc) is 2.42. The van der Waals surface area contributed by atoms with Crippen LogP contribution in [0.5, 0.6) is 0 Å². The van der Waals surface area contributed by atoms with Crippen molar-refractivity contribution >= 4 is 46.2 Å². The van der Waals surface area contributed by atoms with Crippen molar-refractivity contribution in [3.63, 3.8) is 0 Å². The predicted octanol–water partition coefficient (Wildman–Crippen LogP) is 4.02. The van der Waals surface area contributed by atoms with Crippen molar-refractivity contribution in [1.82, 2.24) is 4.90 Å². The van der Waals surface area contributed by atoms with Crippen molar-refractivity contribution < 1.29 is 4.79 Å². The van der Waals surface area contributed by atoms with Crippen LogP contribution in [0.15, 0.2) is 36.4 Å². The van der Waals surface area contributed by atoms with Crippen LogP contribution in [-0.2, 0) is 0 Å². The van der Waals surface area contributed by atoms with Gasteiger partial charge in [0.05, 0.1) is 21.3 Å². The number of nitrogens with one attached hydrogen (secondary N) is 1. The summed E-state index contributed by atoms with van der Waals surface area (Å²) in [5.74, 6) is -0.113. The second-order valence-electron chi connectivity index (χ2n) is 4.76. The van der Waals surface area contributed by atoms with Crippen molar-refractivity contribution in [2.75, 3.05) is 25.1 Å². The van der Waals surface area contributed by atoms with Gasteiger partial charge < -0.3 is 16.0 Å². The summed E-state index contributed by atoms with van der Waals surface area (Å²) >= 11 is 11.9. The maximum Gasteiger partial charge on any atom is 0.255 e. The summed E-state index contributed by atoms with van der Waals surface area (Å²) in [7, 11) is 3.39. The van der Waals surface area contributed by atoms with Crippen molar-refractivity contribution in [3.05, 3.63) is 52.0 Å². The maximum atomic E-state index is 12.2. The Labute approximate surface area is 133 Å². The first-order valence-electron chi connectivity index (χ1n) is 6.21. The number of hydrogen-bond acceptors (Lipinski definition) is 3. The molecule has 0 aliphatic heterocycles. The molecule has 2 rings (SSSR count). The van der Waals surface area contributed by atoms with Gasteiger partial charge >= 0.3 is 0 Å². The number of amides is 1. The van der Waals surface area contributed by atoms with Gasteiger partial charge in [0, 0.05) is 25.5 Å². The molecule has 110 valence electrons. The van der Waals surface area contributed by atoms with Crippen molar-refractivity contribution in [2.45, 2.75) is 0 Å². The van der Waals surface area contributed by atoms with Crippen LogP contribution in [-0.4, -0.2) is 24.9 Å². The van der Waals surface area contributed by atoms with E-state index in [0.717, 1.165) is 5.69 Å². The Kier molecular flexibility index (Phi) is 4.60. The average molecular weight is 324 g/mol. The molecule has 1 amide bonds. The Morgan fingerprint density at radius 1 is 1.10 bits per heavy atom. The molecule has 0 heterocycles. The molecule has 2 aromatic rings. The van der Waals surface area contributed by atoms with Gasteiger partial charge in [-0.2, -0.15) is 0 Å². The van der Waals surface area contributed by atoms with Gasteiger partial charge in [0.1, 0.15) is 0 Å². The van der Waals surface area contributed by atoms with Crippen molar-refractivity contribution in [3.8, 4) is 0 Å². The molecule has 0 bridgehead atoms. The molecule has 0 fully saturated rings. The highest BCUT2D eigenvalue weighted by Crippen LogP contribution is 2.29. The fourth-order valence-electron chi connectivity index (χ4n) is 1.82. The molecule has 3 N–H and O–H groups in total. The van der Waals surface area contributed by atoms with Crippen LogP contribution >= 0.6 is 23.2 Å². The van der Waals surface area contributed by atoms with Gasteiger partial charge in [-0.1, -0.05) is 23.2 Å². The highest BCUT2D eigenvalue weighted by Gasteiger charge is 2.14. The molecule has 0 aromatic heterocycles. The smallest absolute Gasteiger partial charge is 0.255 e. The van der Waals surface area contributed by atoms with Crippen LogP contribution in [0.3, 0.4) is 0 Å². The Hall–Kier alpha value is -1.91. The number of rotatable bonds is 3. The molecule has 6 heteroatoms. The Morgan fingerprint density at radius 3 is 2.43 bits per heavy atom. The van der Waals surface area contributed by atoms with E-state index in [4.69, 9.17) is 28.9 Å². The topological polar surface area (TPSA) is 58.4 Å². The number of halogens is 2. The molecule has 0 aliphatic carbocycles. The van der Waals surface area contributed by atoms with Crippen LogP contribution < -0.4 is 11.1 Å². The fourth-order valence-corrected chi connectivity index (χ4v) is 2.12. The zero-order valence-electron chi connectivity index (χ0n) is 11.7. The molecule has 0 unspecified atom stereocenters. The summed E-state index contributed by atoms with van der Waals surface area (Å²) in [5, 5.41) is 4.05. The molecular weight excluding hydrogens is 309 g/mol. The molecular formula is C15H15Cl2N3O. The summed E-state index contributed by atoms with van der Waals surface area (Å²) in [6, 6.07) is 10.2.